The summed E-state index contributed by atoms with van der Waals surface area (Å²) in [5.41, 5.74) is 1.10. The van der Waals surface area contributed by atoms with Crippen molar-refractivity contribution in [1.29, 1.82) is 0 Å². The van der Waals surface area contributed by atoms with Crippen LogP contribution in [0.5, 0.6) is 0 Å². The number of rotatable bonds is 4. The lowest BCUT2D eigenvalue weighted by molar-refractivity contribution is -0.136. The summed E-state index contributed by atoms with van der Waals surface area (Å²) in [6.07, 6.45) is 4.11. The molecule has 0 unspecified atom stereocenters. The second-order valence-corrected chi connectivity index (χ2v) is 7.05. The molecular formula is C18H18F2N2O2S. The zero-order chi connectivity index (χ0) is 17.9. The van der Waals surface area contributed by atoms with Crippen molar-refractivity contribution in [3.05, 3.63) is 52.2 Å². The first-order valence-electron chi connectivity index (χ1n) is 8.07. The first kappa shape index (κ1) is 17.5. The summed E-state index contributed by atoms with van der Waals surface area (Å²) < 4.78 is 26.1. The van der Waals surface area contributed by atoms with Crippen LogP contribution in [-0.2, 0) is 15.0 Å². The van der Waals surface area contributed by atoms with E-state index in [1.807, 2.05) is 5.38 Å². The molecule has 0 radical (unpaired) electrons. The molecule has 0 aliphatic heterocycles. The van der Waals surface area contributed by atoms with Crippen molar-refractivity contribution in [3.8, 4) is 0 Å². The van der Waals surface area contributed by atoms with Gasteiger partial charge >= 0.3 is 11.8 Å². The van der Waals surface area contributed by atoms with E-state index in [1.165, 1.54) is 11.6 Å². The van der Waals surface area contributed by atoms with Gasteiger partial charge in [-0.05, 0) is 47.4 Å². The molecule has 1 aliphatic rings. The molecule has 2 aromatic rings. The van der Waals surface area contributed by atoms with Crippen LogP contribution in [0.2, 0.25) is 0 Å². The van der Waals surface area contributed by atoms with E-state index in [-0.39, 0.29) is 11.1 Å². The van der Waals surface area contributed by atoms with Gasteiger partial charge in [-0.2, -0.15) is 11.3 Å². The summed E-state index contributed by atoms with van der Waals surface area (Å²) in [6, 6.07) is 4.99. The second-order valence-electron chi connectivity index (χ2n) is 6.27. The minimum absolute atomic E-state index is 0.0347. The summed E-state index contributed by atoms with van der Waals surface area (Å²) in [7, 11) is 0. The van der Waals surface area contributed by atoms with Crippen LogP contribution in [0.3, 0.4) is 0 Å². The normalized spacial score (nSPS) is 15.8. The average molecular weight is 364 g/mol. The van der Waals surface area contributed by atoms with Crippen LogP contribution in [-0.4, -0.2) is 18.4 Å². The number of carbonyl (C=O) groups is 2. The molecule has 1 aromatic heterocycles. The van der Waals surface area contributed by atoms with E-state index in [1.54, 1.807) is 11.3 Å². The number of nitrogens with one attached hydrogen (secondary N) is 2. The van der Waals surface area contributed by atoms with Gasteiger partial charge in [-0.25, -0.2) is 8.78 Å². The highest BCUT2D eigenvalue weighted by Crippen LogP contribution is 2.41. The van der Waals surface area contributed by atoms with E-state index in [0.717, 1.165) is 37.8 Å². The molecule has 7 heteroatoms. The molecule has 1 aromatic carbocycles. The molecule has 0 atom stereocenters. The Balaban J connectivity index is 1.61. The van der Waals surface area contributed by atoms with Gasteiger partial charge in [-0.15, -0.1) is 0 Å². The Kier molecular flexibility index (Phi) is 5.13. The Bertz CT molecular complexity index is 771. The fourth-order valence-corrected chi connectivity index (χ4v) is 4.06. The lowest BCUT2D eigenvalue weighted by Gasteiger charge is -2.28. The van der Waals surface area contributed by atoms with Crippen LogP contribution in [0.1, 0.15) is 31.2 Å². The van der Waals surface area contributed by atoms with Gasteiger partial charge in [0.15, 0.2) is 11.6 Å². The number of hydrogen-bond donors (Lipinski definition) is 2. The van der Waals surface area contributed by atoms with Crippen molar-refractivity contribution in [2.75, 3.05) is 11.9 Å². The van der Waals surface area contributed by atoms with Gasteiger partial charge in [0.2, 0.25) is 0 Å². The third kappa shape index (κ3) is 3.87. The van der Waals surface area contributed by atoms with E-state index in [0.29, 0.717) is 6.54 Å². The molecule has 0 saturated heterocycles. The van der Waals surface area contributed by atoms with Gasteiger partial charge in [-0.1, -0.05) is 12.8 Å². The van der Waals surface area contributed by atoms with Crippen molar-refractivity contribution in [2.45, 2.75) is 31.1 Å². The predicted molar refractivity (Wildman–Crippen MR) is 92.5 cm³/mol. The monoisotopic (exact) mass is 364 g/mol. The molecule has 1 aliphatic carbocycles. The first-order chi connectivity index (χ1) is 12.0. The molecule has 2 N–H and O–H groups in total. The maximum atomic E-state index is 13.2. The number of anilines is 1. The van der Waals surface area contributed by atoms with Gasteiger partial charge in [0.05, 0.1) is 0 Å². The molecule has 2 amide bonds. The van der Waals surface area contributed by atoms with Gasteiger partial charge in [-0.3, -0.25) is 9.59 Å². The summed E-state index contributed by atoms with van der Waals surface area (Å²) in [4.78, 5) is 24.0. The number of hydrogen-bond acceptors (Lipinski definition) is 3. The van der Waals surface area contributed by atoms with Crippen molar-refractivity contribution in [1.82, 2.24) is 5.32 Å². The Labute approximate surface area is 148 Å². The van der Waals surface area contributed by atoms with Crippen LogP contribution in [0, 0.1) is 11.6 Å². The predicted octanol–water partition coefficient (Wildman–Crippen LogP) is 3.59. The number of halogens is 2. The van der Waals surface area contributed by atoms with E-state index in [4.69, 9.17) is 0 Å². The topological polar surface area (TPSA) is 58.2 Å². The van der Waals surface area contributed by atoms with Crippen LogP contribution in [0.25, 0.3) is 0 Å². The smallest absolute Gasteiger partial charge is 0.313 e. The summed E-state index contributed by atoms with van der Waals surface area (Å²) >= 11 is 1.61. The zero-order valence-corrected chi connectivity index (χ0v) is 14.3. The van der Waals surface area contributed by atoms with Crippen LogP contribution in [0.4, 0.5) is 14.5 Å². The Morgan fingerprint density at radius 1 is 1.08 bits per heavy atom. The van der Waals surface area contributed by atoms with Crippen LogP contribution < -0.4 is 10.6 Å². The molecule has 132 valence electrons. The molecule has 3 rings (SSSR count). The molecule has 0 spiro atoms. The summed E-state index contributed by atoms with van der Waals surface area (Å²) in [6.45, 7) is 0.383. The van der Waals surface area contributed by atoms with Gasteiger partial charge < -0.3 is 10.6 Å². The van der Waals surface area contributed by atoms with Crippen molar-refractivity contribution >= 4 is 28.8 Å². The Morgan fingerprint density at radius 3 is 2.48 bits per heavy atom. The fraction of sp³-hybridized carbons (Fsp3) is 0.333. The molecular weight excluding hydrogens is 346 g/mol. The van der Waals surface area contributed by atoms with E-state index < -0.39 is 23.4 Å². The maximum Gasteiger partial charge on any atom is 0.313 e. The quantitative estimate of drug-likeness (QED) is 0.815. The van der Waals surface area contributed by atoms with Gasteiger partial charge in [0.25, 0.3) is 0 Å². The minimum atomic E-state index is -1.08. The summed E-state index contributed by atoms with van der Waals surface area (Å²) in [5, 5.41) is 9.05. The Morgan fingerprint density at radius 2 is 1.84 bits per heavy atom. The first-order valence-corrected chi connectivity index (χ1v) is 9.01. The standard InChI is InChI=1S/C18H18F2N2O2S/c19-14-4-3-13(9-15(14)20)22-17(24)16(23)21-11-18(6-1-2-7-18)12-5-8-25-10-12/h3-5,8-10H,1-2,6-7,11H2,(H,21,23)(H,22,24). The summed E-state index contributed by atoms with van der Waals surface area (Å²) in [5.74, 6) is -3.78. The van der Waals surface area contributed by atoms with Gasteiger partial charge in [0.1, 0.15) is 0 Å². The third-order valence-electron chi connectivity index (χ3n) is 4.67. The maximum absolute atomic E-state index is 13.2. The molecule has 0 bridgehead atoms. The zero-order valence-electron chi connectivity index (χ0n) is 13.5. The Hall–Kier alpha value is -2.28. The number of benzene rings is 1. The van der Waals surface area contributed by atoms with Crippen molar-refractivity contribution in [3.63, 3.8) is 0 Å². The average Bonchev–Trinajstić information content (AvgIpc) is 3.27. The van der Waals surface area contributed by atoms with Crippen LogP contribution in [0.15, 0.2) is 35.0 Å². The molecule has 1 heterocycles. The number of thiophene rings is 1. The van der Waals surface area contributed by atoms with Crippen LogP contribution >= 0.6 is 11.3 Å². The molecule has 25 heavy (non-hydrogen) atoms. The van der Waals surface area contributed by atoms with E-state index in [2.05, 4.69) is 22.1 Å². The molecule has 1 fully saturated rings. The number of carbonyl (C=O) groups excluding carboxylic acids is 2. The fourth-order valence-electron chi connectivity index (χ4n) is 3.28. The second kappa shape index (κ2) is 7.31. The highest BCUT2D eigenvalue weighted by atomic mass is 32.1. The highest BCUT2D eigenvalue weighted by Gasteiger charge is 2.36. The largest absolute Gasteiger partial charge is 0.347 e. The van der Waals surface area contributed by atoms with Crippen molar-refractivity contribution in [2.24, 2.45) is 0 Å². The lowest BCUT2D eigenvalue weighted by Crippen LogP contribution is -2.43. The minimum Gasteiger partial charge on any atom is -0.347 e. The third-order valence-corrected chi connectivity index (χ3v) is 5.35. The number of amides is 2. The molecule has 1 saturated carbocycles. The molecule has 4 nitrogen and oxygen atoms in total. The highest BCUT2D eigenvalue weighted by molar-refractivity contribution is 7.08. The SMILES string of the molecule is O=C(NCC1(c2ccsc2)CCCC1)C(=O)Nc1ccc(F)c(F)c1. The van der Waals surface area contributed by atoms with Crippen molar-refractivity contribution < 1.29 is 18.4 Å². The lowest BCUT2D eigenvalue weighted by atomic mass is 9.80. The van der Waals surface area contributed by atoms with Gasteiger partial charge in [0, 0.05) is 23.7 Å². The van der Waals surface area contributed by atoms with E-state index in [9.17, 15) is 18.4 Å². The van der Waals surface area contributed by atoms with E-state index >= 15 is 0 Å².